The van der Waals surface area contributed by atoms with Gasteiger partial charge in [-0.2, -0.15) is 0 Å². The zero-order valence-electron chi connectivity index (χ0n) is 27.4. The van der Waals surface area contributed by atoms with Crippen molar-refractivity contribution in [1.82, 2.24) is 24.6 Å². The summed E-state index contributed by atoms with van der Waals surface area (Å²) in [6, 6.07) is 15.0. The van der Waals surface area contributed by atoms with Crippen LogP contribution in [-0.4, -0.2) is 45.5 Å². The van der Waals surface area contributed by atoms with Crippen LogP contribution < -0.4 is 4.72 Å². The van der Waals surface area contributed by atoms with Gasteiger partial charge in [0.2, 0.25) is 11.8 Å². The van der Waals surface area contributed by atoms with Crippen molar-refractivity contribution in [1.29, 1.82) is 0 Å². The van der Waals surface area contributed by atoms with Crippen molar-refractivity contribution in [2.45, 2.75) is 79.3 Å². The molecule has 0 bridgehead atoms. The van der Waals surface area contributed by atoms with Crippen LogP contribution >= 0.6 is 0 Å². The second kappa shape index (κ2) is 11.7. The van der Waals surface area contributed by atoms with Crippen molar-refractivity contribution < 1.29 is 17.7 Å². The van der Waals surface area contributed by atoms with E-state index < -0.39 is 15.4 Å². The number of amides is 1. The van der Waals surface area contributed by atoms with Crippen LogP contribution in [0.25, 0.3) is 22.3 Å². The van der Waals surface area contributed by atoms with Gasteiger partial charge in [0.1, 0.15) is 11.3 Å². The number of nitrogens with zero attached hydrogens (tertiary/aromatic N) is 5. The molecule has 1 aliphatic heterocycles. The smallest absolute Gasteiger partial charge is 0.264 e. The Labute approximate surface area is 269 Å². The predicted molar refractivity (Wildman–Crippen MR) is 178 cm³/mol. The first-order valence-corrected chi connectivity index (χ1v) is 17.1. The predicted octanol–water partition coefficient (Wildman–Crippen LogP) is 6.49. The number of aromatic nitrogens is 4. The topological polar surface area (TPSA) is 123 Å². The van der Waals surface area contributed by atoms with E-state index in [1.54, 1.807) is 32.0 Å². The van der Waals surface area contributed by atoms with E-state index in [0.717, 1.165) is 57.8 Å². The molecule has 10 nitrogen and oxygen atoms in total. The number of nitrogens with one attached hydrogen (secondary N) is 1. The maximum Gasteiger partial charge on any atom is 0.264 e. The number of benzene rings is 2. The SMILES string of the molecule is CCc1nc2c(C)cc(C)nc2n1Cc1ccc(-c2ccccc2S(=O)(=O)Nc2onc(C)c2C)c(CN2CCC(C)(C)C2=O)c1. The largest absolute Gasteiger partial charge is 0.338 e. The van der Waals surface area contributed by atoms with E-state index in [0.29, 0.717) is 36.5 Å². The molecule has 5 aromatic rings. The van der Waals surface area contributed by atoms with Crippen LogP contribution in [0.5, 0.6) is 0 Å². The van der Waals surface area contributed by atoms with Gasteiger partial charge in [0.15, 0.2) is 5.65 Å². The molecule has 46 heavy (non-hydrogen) atoms. The van der Waals surface area contributed by atoms with Crippen LogP contribution in [0.1, 0.15) is 66.7 Å². The zero-order chi connectivity index (χ0) is 33.0. The van der Waals surface area contributed by atoms with Gasteiger partial charge in [0.05, 0.1) is 17.1 Å². The summed E-state index contributed by atoms with van der Waals surface area (Å²) in [7, 11) is -4.05. The Kier molecular flexibility index (Phi) is 8.00. The second-order valence-electron chi connectivity index (χ2n) is 12.9. The lowest BCUT2D eigenvalue weighted by molar-refractivity contribution is -0.135. The van der Waals surface area contributed by atoms with Gasteiger partial charge in [-0.3, -0.25) is 4.79 Å². The Balaban J connectivity index is 1.46. The number of rotatable bonds is 9. The van der Waals surface area contributed by atoms with Crippen LogP contribution in [0.2, 0.25) is 0 Å². The molecule has 0 saturated carbocycles. The van der Waals surface area contributed by atoms with E-state index in [-0.39, 0.29) is 16.7 Å². The second-order valence-corrected chi connectivity index (χ2v) is 14.5. The highest BCUT2D eigenvalue weighted by Gasteiger charge is 2.38. The van der Waals surface area contributed by atoms with Gasteiger partial charge in [0, 0.05) is 41.7 Å². The van der Waals surface area contributed by atoms with Gasteiger partial charge in [-0.25, -0.2) is 23.1 Å². The molecule has 1 saturated heterocycles. The third-order valence-corrected chi connectivity index (χ3v) is 10.4. The molecule has 11 heteroatoms. The average molecular weight is 641 g/mol. The number of imidazole rings is 1. The molecule has 0 aliphatic carbocycles. The summed E-state index contributed by atoms with van der Waals surface area (Å²) in [6.45, 7) is 15.1. The number of aryl methyl sites for hydroxylation is 4. The Bertz CT molecular complexity index is 2090. The highest BCUT2D eigenvalue weighted by molar-refractivity contribution is 7.92. The van der Waals surface area contributed by atoms with Crippen LogP contribution in [0.15, 0.2) is 57.9 Å². The third-order valence-electron chi connectivity index (χ3n) is 9.01. The van der Waals surface area contributed by atoms with Gasteiger partial charge in [-0.05, 0) is 68.5 Å². The molecule has 240 valence electrons. The molecule has 0 radical (unpaired) electrons. The van der Waals surface area contributed by atoms with Gasteiger partial charge < -0.3 is 14.0 Å². The number of carbonyl (C=O) groups is 1. The molecular formula is C35H40N6O4S. The lowest BCUT2D eigenvalue weighted by Gasteiger charge is -2.23. The van der Waals surface area contributed by atoms with Gasteiger partial charge >= 0.3 is 0 Å². The van der Waals surface area contributed by atoms with Crippen LogP contribution in [-0.2, 0) is 34.3 Å². The Morgan fingerprint density at radius 3 is 2.41 bits per heavy atom. The van der Waals surface area contributed by atoms with E-state index in [1.165, 1.54) is 0 Å². The van der Waals surface area contributed by atoms with E-state index in [1.807, 2.05) is 49.9 Å². The minimum atomic E-state index is -4.05. The fraction of sp³-hybridized carbons (Fsp3) is 0.371. The molecule has 0 atom stereocenters. The molecule has 0 spiro atoms. The summed E-state index contributed by atoms with van der Waals surface area (Å²) in [5.74, 6) is 1.12. The summed E-state index contributed by atoms with van der Waals surface area (Å²) in [5.41, 5.74) is 7.69. The molecule has 3 aromatic heterocycles. The number of likely N-dealkylation sites (tertiary alicyclic amines) is 1. The Hall–Kier alpha value is -4.51. The molecule has 1 N–H and O–H groups in total. The number of hydrogen-bond acceptors (Lipinski definition) is 7. The van der Waals surface area contributed by atoms with Crippen LogP contribution in [0, 0.1) is 33.1 Å². The fourth-order valence-corrected chi connectivity index (χ4v) is 7.49. The molecule has 1 amide bonds. The third kappa shape index (κ3) is 5.68. The van der Waals surface area contributed by atoms with E-state index in [4.69, 9.17) is 14.5 Å². The molecular weight excluding hydrogens is 600 g/mol. The van der Waals surface area contributed by atoms with Gasteiger partial charge in [-0.15, -0.1) is 0 Å². The first-order chi connectivity index (χ1) is 21.8. The first kappa shape index (κ1) is 31.5. The van der Waals surface area contributed by atoms with Crippen LogP contribution in [0.3, 0.4) is 0 Å². The lowest BCUT2D eigenvalue weighted by Crippen LogP contribution is -2.30. The van der Waals surface area contributed by atoms with Gasteiger partial charge in [-0.1, -0.05) is 62.3 Å². The van der Waals surface area contributed by atoms with E-state index >= 15 is 0 Å². The quantitative estimate of drug-likeness (QED) is 0.195. The normalized spacial score (nSPS) is 14.8. The van der Waals surface area contributed by atoms with Crippen molar-refractivity contribution in [3.63, 3.8) is 0 Å². The molecule has 6 rings (SSSR count). The Morgan fingerprint density at radius 1 is 0.978 bits per heavy atom. The summed E-state index contributed by atoms with van der Waals surface area (Å²) in [6.07, 6.45) is 1.51. The average Bonchev–Trinajstić information content (AvgIpc) is 3.61. The maximum absolute atomic E-state index is 13.8. The summed E-state index contributed by atoms with van der Waals surface area (Å²) in [5, 5.41) is 3.90. The number of carbonyl (C=O) groups excluding carboxylic acids is 1. The number of anilines is 1. The monoisotopic (exact) mass is 640 g/mol. The van der Waals surface area contributed by atoms with Crippen molar-refractivity contribution in [2.75, 3.05) is 11.3 Å². The standard InChI is InChI=1S/C35H40N6O4S/c1-8-30-37-31-21(2)17-22(3)36-32(31)41(30)19-25-13-14-27(26(18-25)20-40-16-15-35(6,7)34(40)42)28-11-9-10-12-29(28)46(43,44)39-33-23(4)24(5)38-45-33/h9-14,17-18,39H,8,15-16,19-20H2,1-7H3. The zero-order valence-corrected chi connectivity index (χ0v) is 28.2. The summed E-state index contributed by atoms with van der Waals surface area (Å²) in [4.78, 5) is 25.1. The molecule has 1 aliphatic rings. The molecule has 1 fully saturated rings. The first-order valence-electron chi connectivity index (χ1n) is 15.6. The van der Waals surface area contributed by atoms with Crippen LogP contribution in [0.4, 0.5) is 5.88 Å². The maximum atomic E-state index is 13.8. The number of pyridine rings is 1. The highest BCUT2D eigenvalue weighted by atomic mass is 32.2. The number of hydrogen-bond donors (Lipinski definition) is 1. The number of fused-ring (bicyclic) bond motifs is 1. The molecule has 4 heterocycles. The summed E-state index contributed by atoms with van der Waals surface area (Å²) < 4.78 is 37.6. The van der Waals surface area contributed by atoms with Crippen molar-refractivity contribution >= 4 is 33.0 Å². The Morgan fingerprint density at radius 2 is 1.74 bits per heavy atom. The fourth-order valence-electron chi connectivity index (χ4n) is 6.22. The minimum Gasteiger partial charge on any atom is -0.338 e. The van der Waals surface area contributed by atoms with Gasteiger partial charge in [0.25, 0.3) is 10.0 Å². The number of sulfonamides is 1. The van der Waals surface area contributed by atoms with E-state index in [9.17, 15) is 13.2 Å². The van der Waals surface area contributed by atoms with E-state index in [2.05, 4.69) is 34.4 Å². The van der Waals surface area contributed by atoms with Crippen molar-refractivity contribution in [3.05, 3.63) is 88.0 Å². The minimum absolute atomic E-state index is 0.0890. The molecule has 2 aromatic carbocycles. The van der Waals surface area contributed by atoms with Crippen molar-refractivity contribution in [3.8, 4) is 11.1 Å². The lowest BCUT2D eigenvalue weighted by atomic mass is 9.92. The highest BCUT2D eigenvalue weighted by Crippen LogP contribution is 2.36. The summed E-state index contributed by atoms with van der Waals surface area (Å²) >= 11 is 0. The molecule has 0 unspecified atom stereocenters. The van der Waals surface area contributed by atoms with Crippen molar-refractivity contribution in [2.24, 2.45) is 5.41 Å².